The van der Waals surface area contributed by atoms with Crippen molar-refractivity contribution in [1.82, 2.24) is 14.7 Å². The van der Waals surface area contributed by atoms with Crippen LogP contribution in [-0.2, 0) is 19.6 Å². The number of benzene rings is 1. The Morgan fingerprint density at radius 1 is 0.562 bits per heavy atom. The van der Waals surface area contributed by atoms with Gasteiger partial charge in [-0.25, -0.2) is 0 Å². The molecular weight excluding hydrogens is 459 g/mol. The van der Waals surface area contributed by atoms with Crippen molar-refractivity contribution in [2.45, 2.75) is 78.6 Å². The van der Waals surface area contributed by atoms with Gasteiger partial charge in [0.2, 0.25) is 6.87 Å². The molecule has 0 aliphatic carbocycles. The lowest BCUT2D eigenvalue weighted by Gasteiger charge is -2.56. The van der Waals surface area contributed by atoms with Crippen molar-refractivity contribution < 1.29 is 4.43 Å². The highest BCUT2D eigenvalue weighted by atomic mass is 29.9. The van der Waals surface area contributed by atoms with Crippen molar-refractivity contribution in [3.63, 3.8) is 0 Å². The van der Waals surface area contributed by atoms with Crippen LogP contribution in [0.1, 0.15) is 16.7 Å². The standard InChI is InChI=1S/C24H53N3OSi4/c1-25(2)18-21-16-22(19-26(3)4)24(23(17-21)20-27(5)6)28-32(29(7,8)9,30(10,11)12)31(13,14)15/h16-17H,18-20H2,1-15H3. The molecule has 0 atom stereocenters. The van der Waals surface area contributed by atoms with Gasteiger partial charge in [-0.15, -0.1) is 0 Å². The summed E-state index contributed by atoms with van der Waals surface area (Å²) in [5, 5.41) is 0. The maximum absolute atomic E-state index is 7.78. The summed E-state index contributed by atoms with van der Waals surface area (Å²) in [6.07, 6.45) is 0. The van der Waals surface area contributed by atoms with Gasteiger partial charge >= 0.3 is 0 Å². The lowest BCUT2D eigenvalue weighted by atomic mass is 10.0. The predicted molar refractivity (Wildman–Crippen MR) is 155 cm³/mol. The summed E-state index contributed by atoms with van der Waals surface area (Å²) >= 11 is 0. The molecule has 186 valence electrons. The topological polar surface area (TPSA) is 19.0 Å². The van der Waals surface area contributed by atoms with E-state index in [9.17, 15) is 0 Å². The first-order valence-electron chi connectivity index (χ1n) is 12.0. The van der Waals surface area contributed by atoms with E-state index >= 15 is 0 Å². The first kappa shape index (κ1) is 29.8. The monoisotopic (exact) mass is 511 g/mol. The fourth-order valence-corrected chi connectivity index (χ4v) is 99.2. The number of hydrogen-bond acceptors (Lipinski definition) is 4. The zero-order valence-corrected chi connectivity index (χ0v) is 28.0. The van der Waals surface area contributed by atoms with Gasteiger partial charge in [0.25, 0.3) is 0 Å². The fraction of sp³-hybridized carbons (Fsp3) is 0.750. The molecule has 0 saturated carbocycles. The second kappa shape index (κ2) is 10.6. The summed E-state index contributed by atoms with van der Waals surface area (Å²) < 4.78 is 7.78. The summed E-state index contributed by atoms with van der Waals surface area (Å²) in [5.41, 5.74) is 4.13. The molecule has 1 aromatic rings. The Labute approximate surface area is 203 Å². The van der Waals surface area contributed by atoms with Gasteiger partial charge in [0.15, 0.2) is 0 Å². The molecule has 0 aliphatic rings. The Morgan fingerprint density at radius 2 is 0.875 bits per heavy atom. The molecule has 32 heavy (non-hydrogen) atoms. The maximum atomic E-state index is 7.78. The second-order valence-electron chi connectivity index (χ2n) is 13.5. The second-order valence-corrected chi connectivity index (χ2v) is 52.9. The molecule has 1 aromatic carbocycles. The largest absolute Gasteiger partial charge is 0.552 e. The van der Waals surface area contributed by atoms with E-state index in [1.54, 1.807) is 0 Å². The lowest BCUT2D eigenvalue weighted by Crippen LogP contribution is -2.86. The Morgan fingerprint density at radius 3 is 1.12 bits per heavy atom. The number of hydrogen-bond donors (Lipinski definition) is 0. The zero-order valence-electron chi connectivity index (χ0n) is 24.0. The molecule has 0 saturated heterocycles. The molecule has 0 aliphatic heterocycles. The van der Waals surface area contributed by atoms with Gasteiger partial charge in [-0.2, -0.15) is 0 Å². The summed E-state index contributed by atoms with van der Waals surface area (Å²) in [6.45, 7) is 24.3. The molecule has 8 heteroatoms. The van der Waals surface area contributed by atoms with E-state index < -0.39 is 29.6 Å². The molecule has 0 N–H and O–H groups in total. The highest BCUT2D eigenvalue weighted by molar-refractivity contribution is 7.87. The third kappa shape index (κ3) is 6.90. The molecule has 0 radical (unpaired) electrons. The number of rotatable bonds is 11. The van der Waals surface area contributed by atoms with Crippen LogP contribution < -0.4 is 4.43 Å². The molecule has 4 nitrogen and oxygen atoms in total. The van der Waals surface area contributed by atoms with E-state index in [0.29, 0.717) is 0 Å². The minimum absolute atomic E-state index is 0.921. The first-order valence-corrected chi connectivity index (χ1v) is 27.4. The van der Waals surface area contributed by atoms with Crippen molar-refractivity contribution >= 4 is 29.6 Å². The van der Waals surface area contributed by atoms with Crippen LogP contribution in [0.15, 0.2) is 12.1 Å². The van der Waals surface area contributed by atoms with Crippen LogP contribution in [0.4, 0.5) is 0 Å². The van der Waals surface area contributed by atoms with Gasteiger partial charge in [-0.3, -0.25) is 0 Å². The van der Waals surface area contributed by atoms with Crippen LogP contribution in [-0.4, -0.2) is 86.6 Å². The van der Waals surface area contributed by atoms with Gasteiger partial charge in [-0.1, -0.05) is 58.9 Å². The fourth-order valence-electron chi connectivity index (χ4n) is 6.32. The van der Waals surface area contributed by atoms with Gasteiger partial charge in [0.1, 0.15) is 5.75 Å². The summed E-state index contributed by atoms with van der Waals surface area (Å²) in [5.74, 6) is 1.23. The average molecular weight is 512 g/mol. The SMILES string of the molecule is CN(C)Cc1cc(CN(C)C)c(O[Si]([Si](C)(C)C)([Si](C)(C)C)[Si](C)(C)C)c(CN(C)C)c1. The molecule has 0 unspecified atom stereocenters. The van der Waals surface area contributed by atoms with E-state index in [1.165, 1.54) is 22.4 Å². The zero-order chi connectivity index (χ0) is 25.3. The molecule has 0 amide bonds. The van der Waals surface area contributed by atoms with Gasteiger partial charge in [0, 0.05) is 30.8 Å². The molecule has 0 spiro atoms. The smallest absolute Gasteiger partial charge is 0.206 e. The molecule has 0 bridgehead atoms. The summed E-state index contributed by atoms with van der Waals surface area (Å²) in [4.78, 5) is 6.85. The van der Waals surface area contributed by atoms with E-state index in [1.807, 2.05) is 0 Å². The average Bonchev–Trinajstić information content (AvgIpc) is 2.48. The highest BCUT2D eigenvalue weighted by Gasteiger charge is 2.65. The third-order valence-corrected chi connectivity index (χ3v) is 73.5. The van der Waals surface area contributed by atoms with E-state index in [0.717, 1.165) is 19.6 Å². The maximum Gasteiger partial charge on any atom is 0.206 e. The molecule has 0 fully saturated rings. The van der Waals surface area contributed by atoms with E-state index in [2.05, 4.69) is 128 Å². The first-order chi connectivity index (χ1) is 14.2. The summed E-state index contributed by atoms with van der Waals surface area (Å²) in [7, 11) is 8.35. The third-order valence-electron chi connectivity index (χ3n) is 6.20. The van der Waals surface area contributed by atoms with Crippen LogP contribution in [0, 0.1) is 0 Å². The Balaban J connectivity index is 3.95. The molecule has 1 rings (SSSR count). The van der Waals surface area contributed by atoms with Crippen LogP contribution in [0.2, 0.25) is 58.9 Å². The molecular formula is C24H53N3OSi4. The van der Waals surface area contributed by atoms with Gasteiger partial charge in [-0.05, 0) is 60.0 Å². The lowest BCUT2D eigenvalue weighted by molar-refractivity contribution is 0.378. The van der Waals surface area contributed by atoms with Crippen LogP contribution >= 0.6 is 0 Å². The van der Waals surface area contributed by atoms with Crippen molar-refractivity contribution in [2.75, 3.05) is 42.3 Å². The van der Waals surface area contributed by atoms with Crippen LogP contribution in [0.3, 0.4) is 0 Å². The van der Waals surface area contributed by atoms with Crippen molar-refractivity contribution in [2.24, 2.45) is 0 Å². The van der Waals surface area contributed by atoms with Crippen LogP contribution in [0.5, 0.6) is 5.75 Å². The molecule has 0 aromatic heterocycles. The van der Waals surface area contributed by atoms with Gasteiger partial charge < -0.3 is 19.1 Å². The normalized spacial score (nSPS) is 14.1. The van der Waals surface area contributed by atoms with E-state index in [4.69, 9.17) is 4.43 Å². The quantitative estimate of drug-likeness (QED) is 0.368. The highest BCUT2D eigenvalue weighted by Crippen LogP contribution is 2.41. The minimum Gasteiger partial charge on any atom is -0.552 e. The minimum atomic E-state index is -1.99. The predicted octanol–water partition coefficient (Wildman–Crippen LogP) is 5.45. The number of nitrogens with zero attached hydrogens (tertiary/aromatic N) is 3. The summed E-state index contributed by atoms with van der Waals surface area (Å²) in [6, 6.07) is 4.85. The Hall–Kier alpha value is -0.232. The molecule has 0 heterocycles. The van der Waals surface area contributed by atoms with Crippen molar-refractivity contribution in [1.29, 1.82) is 0 Å². The van der Waals surface area contributed by atoms with Crippen molar-refractivity contribution in [3.8, 4) is 5.75 Å². The van der Waals surface area contributed by atoms with Crippen molar-refractivity contribution in [3.05, 3.63) is 28.8 Å². The van der Waals surface area contributed by atoms with E-state index in [-0.39, 0.29) is 0 Å². The Kier molecular flexibility index (Phi) is 9.85. The Bertz CT molecular complexity index is 693. The van der Waals surface area contributed by atoms with Gasteiger partial charge in [0.05, 0.1) is 22.8 Å². The van der Waals surface area contributed by atoms with Crippen LogP contribution in [0.25, 0.3) is 0 Å².